The highest BCUT2D eigenvalue weighted by Gasteiger charge is 2.11. The van der Waals surface area contributed by atoms with Crippen molar-refractivity contribution >= 4 is 11.4 Å². The third-order valence-electron chi connectivity index (χ3n) is 2.01. The Morgan fingerprint density at radius 3 is 2.50 bits per heavy atom. The van der Waals surface area contributed by atoms with Gasteiger partial charge in [0.15, 0.2) is 0 Å². The summed E-state index contributed by atoms with van der Waals surface area (Å²) in [7, 11) is 0. The van der Waals surface area contributed by atoms with Crippen LogP contribution in [-0.4, -0.2) is 23.7 Å². The standard InChI is InChI=1S/C12H18N2O4/c1-12(2,3)18-5-4-17-11-7-9(13)6-10(8-11)14(15)16/h6-8H,4-5,13H2,1-3H3. The minimum Gasteiger partial charge on any atom is -0.491 e. The minimum absolute atomic E-state index is 0.0817. The van der Waals surface area contributed by atoms with Crippen molar-refractivity contribution in [3.05, 3.63) is 28.3 Å². The zero-order valence-corrected chi connectivity index (χ0v) is 10.8. The van der Waals surface area contributed by atoms with Gasteiger partial charge in [-0.1, -0.05) is 0 Å². The van der Waals surface area contributed by atoms with E-state index in [4.69, 9.17) is 15.2 Å². The van der Waals surface area contributed by atoms with E-state index >= 15 is 0 Å². The van der Waals surface area contributed by atoms with Crippen LogP contribution in [0.25, 0.3) is 0 Å². The molecule has 0 bridgehead atoms. The number of hydrogen-bond acceptors (Lipinski definition) is 5. The quantitative estimate of drug-likeness (QED) is 0.377. The molecule has 0 radical (unpaired) electrons. The van der Waals surface area contributed by atoms with Crippen LogP contribution in [0.5, 0.6) is 5.75 Å². The summed E-state index contributed by atoms with van der Waals surface area (Å²) in [6.07, 6.45) is 0. The molecule has 0 atom stereocenters. The van der Waals surface area contributed by atoms with Crippen molar-refractivity contribution in [1.29, 1.82) is 0 Å². The lowest BCUT2D eigenvalue weighted by atomic mass is 10.2. The molecule has 0 spiro atoms. The maximum Gasteiger partial charge on any atom is 0.275 e. The van der Waals surface area contributed by atoms with Crippen LogP contribution in [0.4, 0.5) is 11.4 Å². The SMILES string of the molecule is CC(C)(C)OCCOc1cc(N)cc([N+](=O)[O-])c1. The molecular weight excluding hydrogens is 236 g/mol. The fourth-order valence-electron chi connectivity index (χ4n) is 1.30. The van der Waals surface area contributed by atoms with E-state index in [1.807, 2.05) is 20.8 Å². The van der Waals surface area contributed by atoms with Crippen molar-refractivity contribution in [2.45, 2.75) is 26.4 Å². The van der Waals surface area contributed by atoms with Gasteiger partial charge in [-0.3, -0.25) is 10.1 Å². The Kier molecular flexibility index (Phi) is 4.49. The van der Waals surface area contributed by atoms with E-state index in [0.29, 0.717) is 24.7 Å². The Morgan fingerprint density at radius 1 is 1.28 bits per heavy atom. The molecule has 0 aliphatic heterocycles. The third kappa shape index (κ3) is 5.01. The predicted octanol–water partition coefficient (Wildman–Crippen LogP) is 2.37. The van der Waals surface area contributed by atoms with Crippen molar-refractivity contribution in [3.8, 4) is 5.75 Å². The van der Waals surface area contributed by atoms with Gasteiger partial charge in [-0.15, -0.1) is 0 Å². The summed E-state index contributed by atoms with van der Waals surface area (Å²) in [5, 5.41) is 10.6. The van der Waals surface area contributed by atoms with Gasteiger partial charge in [0, 0.05) is 17.8 Å². The van der Waals surface area contributed by atoms with E-state index in [0.717, 1.165) is 0 Å². The van der Waals surface area contributed by atoms with Gasteiger partial charge in [0.05, 0.1) is 23.2 Å². The van der Waals surface area contributed by atoms with Crippen LogP contribution in [-0.2, 0) is 4.74 Å². The molecule has 0 aromatic heterocycles. The number of anilines is 1. The number of hydrogen-bond donors (Lipinski definition) is 1. The smallest absolute Gasteiger partial charge is 0.275 e. The number of nitrogens with zero attached hydrogens (tertiary/aromatic N) is 1. The van der Waals surface area contributed by atoms with Crippen LogP contribution < -0.4 is 10.5 Å². The number of nitro benzene ring substituents is 1. The average molecular weight is 254 g/mol. The second-order valence-electron chi connectivity index (χ2n) is 4.83. The van der Waals surface area contributed by atoms with Crippen LogP contribution in [0, 0.1) is 10.1 Å². The number of nitrogen functional groups attached to an aromatic ring is 1. The molecule has 100 valence electrons. The molecule has 0 saturated carbocycles. The van der Waals surface area contributed by atoms with Crippen molar-refractivity contribution in [2.24, 2.45) is 0 Å². The van der Waals surface area contributed by atoms with Crippen molar-refractivity contribution in [3.63, 3.8) is 0 Å². The lowest BCUT2D eigenvalue weighted by molar-refractivity contribution is -0.384. The zero-order chi connectivity index (χ0) is 13.8. The molecule has 0 heterocycles. The summed E-state index contributed by atoms with van der Waals surface area (Å²) in [6, 6.07) is 4.18. The first-order chi connectivity index (χ1) is 8.28. The molecule has 1 rings (SSSR count). The number of rotatable bonds is 5. The molecule has 0 saturated heterocycles. The van der Waals surface area contributed by atoms with E-state index in [-0.39, 0.29) is 11.3 Å². The first-order valence-electron chi connectivity index (χ1n) is 5.60. The minimum atomic E-state index is -0.505. The average Bonchev–Trinajstić information content (AvgIpc) is 2.22. The molecule has 18 heavy (non-hydrogen) atoms. The highest BCUT2D eigenvalue weighted by Crippen LogP contribution is 2.24. The van der Waals surface area contributed by atoms with Crippen LogP contribution >= 0.6 is 0 Å². The van der Waals surface area contributed by atoms with Crippen molar-refractivity contribution < 1.29 is 14.4 Å². The number of benzene rings is 1. The third-order valence-corrected chi connectivity index (χ3v) is 2.01. The second-order valence-corrected chi connectivity index (χ2v) is 4.83. The molecule has 0 aliphatic carbocycles. The molecule has 0 unspecified atom stereocenters. The fraction of sp³-hybridized carbons (Fsp3) is 0.500. The van der Waals surface area contributed by atoms with Gasteiger partial charge in [-0.05, 0) is 20.8 Å². The first kappa shape index (κ1) is 14.2. The summed E-state index contributed by atoms with van der Waals surface area (Å²) in [6.45, 7) is 6.55. The molecule has 0 fully saturated rings. The Bertz CT molecular complexity index is 427. The lowest BCUT2D eigenvalue weighted by Gasteiger charge is -2.19. The topological polar surface area (TPSA) is 87.6 Å². The first-order valence-corrected chi connectivity index (χ1v) is 5.60. The van der Waals surface area contributed by atoms with E-state index in [1.54, 1.807) is 6.07 Å². The summed E-state index contributed by atoms with van der Waals surface area (Å²) in [5.41, 5.74) is 5.54. The number of nitrogens with two attached hydrogens (primary N) is 1. The lowest BCUT2D eigenvalue weighted by Crippen LogP contribution is -2.22. The fourth-order valence-corrected chi connectivity index (χ4v) is 1.30. The molecule has 2 N–H and O–H groups in total. The predicted molar refractivity (Wildman–Crippen MR) is 68.7 cm³/mol. The van der Waals surface area contributed by atoms with Crippen LogP contribution in [0.2, 0.25) is 0 Å². The van der Waals surface area contributed by atoms with E-state index in [2.05, 4.69) is 0 Å². The Morgan fingerprint density at radius 2 is 1.94 bits per heavy atom. The van der Waals surface area contributed by atoms with Gasteiger partial charge in [0.25, 0.3) is 5.69 Å². The number of non-ortho nitro benzene ring substituents is 1. The van der Waals surface area contributed by atoms with Crippen molar-refractivity contribution in [2.75, 3.05) is 18.9 Å². The van der Waals surface area contributed by atoms with E-state index in [1.165, 1.54) is 12.1 Å². The van der Waals surface area contributed by atoms with Crippen LogP contribution in [0.1, 0.15) is 20.8 Å². The van der Waals surface area contributed by atoms with Crippen molar-refractivity contribution in [1.82, 2.24) is 0 Å². The molecule has 1 aromatic carbocycles. The van der Waals surface area contributed by atoms with Gasteiger partial charge < -0.3 is 15.2 Å². The maximum atomic E-state index is 10.6. The summed E-state index contributed by atoms with van der Waals surface area (Å²) >= 11 is 0. The highest BCUT2D eigenvalue weighted by atomic mass is 16.6. The largest absolute Gasteiger partial charge is 0.491 e. The molecule has 6 heteroatoms. The maximum absolute atomic E-state index is 10.6. The Balaban J connectivity index is 2.55. The molecule has 0 aliphatic rings. The molecule has 1 aromatic rings. The van der Waals surface area contributed by atoms with Crippen LogP contribution in [0.15, 0.2) is 18.2 Å². The molecule has 6 nitrogen and oxygen atoms in total. The van der Waals surface area contributed by atoms with Gasteiger partial charge in [-0.2, -0.15) is 0 Å². The number of nitro groups is 1. The second kappa shape index (κ2) is 5.68. The van der Waals surface area contributed by atoms with Gasteiger partial charge >= 0.3 is 0 Å². The van der Waals surface area contributed by atoms with Gasteiger partial charge in [0.2, 0.25) is 0 Å². The van der Waals surface area contributed by atoms with E-state index < -0.39 is 4.92 Å². The zero-order valence-electron chi connectivity index (χ0n) is 10.8. The normalized spacial score (nSPS) is 11.3. The van der Waals surface area contributed by atoms with E-state index in [9.17, 15) is 10.1 Å². The van der Waals surface area contributed by atoms with Gasteiger partial charge in [-0.25, -0.2) is 0 Å². The molecular formula is C12H18N2O4. The Hall–Kier alpha value is -1.82. The number of ether oxygens (including phenoxy) is 2. The Labute approximate surface area is 106 Å². The van der Waals surface area contributed by atoms with Gasteiger partial charge in [0.1, 0.15) is 12.4 Å². The summed E-state index contributed by atoms with van der Waals surface area (Å²) in [4.78, 5) is 10.1. The molecule has 0 amide bonds. The monoisotopic (exact) mass is 254 g/mol. The highest BCUT2D eigenvalue weighted by molar-refractivity contribution is 5.53. The summed E-state index contributed by atoms with van der Waals surface area (Å²) in [5.74, 6) is 0.374. The summed E-state index contributed by atoms with van der Waals surface area (Å²) < 4.78 is 10.8. The van der Waals surface area contributed by atoms with Crippen LogP contribution in [0.3, 0.4) is 0 Å².